The minimum atomic E-state index is 0.0812. The lowest BCUT2D eigenvalue weighted by molar-refractivity contribution is 0.00505. The van der Waals surface area contributed by atoms with Crippen LogP contribution in [0.3, 0.4) is 0 Å². The van der Waals surface area contributed by atoms with Gasteiger partial charge in [-0.05, 0) is 12.8 Å². The van der Waals surface area contributed by atoms with E-state index >= 15 is 0 Å². The van der Waals surface area contributed by atoms with Crippen molar-refractivity contribution in [2.24, 2.45) is 0 Å². The Balaban J connectivity index is 3.26. The molecule has 0 bridgehead atoms. The van der Waals surface area contributed by atoms with Gasteiger partial charge < -0.3 is 9.84 Å². The number of ether oxygens (including phenoxy) is 1. The van der Waals surface area contributed by atoms with Gasteiger partial charge in [0.1, 0.15) is 0 Å². The van der Waals surface area contributed by atoms with Gasteiger partial charge in [0.15, 0.2) is 0 Å². The zero-order valence-electron chi connectivity index (χ0n) is 11.2. The topological polar surface area (TPSA) is 29.5 Å². The molecule has 2 heteroatoms. The quantitative estimate of drug-likeness (QED) is 0.515. The Morgan fingerprint density at radius 2 is 1.50 bits per heavy atom. The average molecular weight is 230 g/mol. The zero-order valence-corrected chi connectivity index (χ0v) is 11.2. The Hall–Kier alpha value is -0.0800. The van der Waals surface area contributed by atoms with Gasteiger partial charge in [-0.3, -0.25) is 0 Å². The Morgan fingerprint density at radius 1 is 0.875 bits per heavy atom. The fraction of sp³-hybridized carbons (Fsp3) is 1.00. The summed E-state index contributed by atoms with van der Waals surface area (Å²) in [4.78, 5) is 0. The summed E-state index contributed by atoms with van der Waals surface area (Å²) in [6.07, 6.45) is 11.1. The molecule has 1 atom stereocenters. The highest BCUT2D eigenvalue weighted by Crippen LogP contribution is 2.08. The first-order valence-corrected chi connectivity index (χ1v) is 7.07. The molecule has 0 aromatic carbocycles. The van der Waals surface area contributed by atoms with Crippen LogP contribution in [-0.2, 0) is 4.74 Å². The zero-order chi connectivity index (χ0) is 12.1. The second kappa shape index (κ2) is 13.0. The predicted molar refractivity (Wildman–Crippen MR) is 69.7 cm³/mol. The lowest BCUT2D eigenvalue weighted by atomic mass is 10.1. The molecule has 0 spiro atoms. The number of aliphatic hydroxyl groups is 1. The number of aliphatic hydroxyl groups excluding tert-OH is 1. The molecule has 0 amide bonds. The van der Waals surface area contributed by atoms with Crippen molar-refractivity contribution in [1.29, 1.82) is 0 Å². The van der Waals surface area contributed by atoms with Gasteiger partial charge in [-0.1, -0.05) is 58.8 Å². The summed E-state index contributed by atoms with van der Waals surface area (Å²) in [6, 6.07) is 0. The van der Waals surface area contributed by atoms with E-state index in [9.17, 15) is 0 Å². The maximum atomic E-state index is 9.14. The van der Waals surface area contributed by atoms with Gasteiger partial charge in [0, 0.05) is 6.61 Å². The second-order valence-corrected chi connectivity index (χ2v) is 4.59. The summed E-state index contributed by atoms with van der Waals surface area (Å²) in [5.74, 6) is 0. The predicted octanol–water partition coefficient (Wildman–Crippen LogP) is 3.91. The summed E-state index contributed by atoms with van der Waals surface area (Å²) in [6.45, 7) is 5.42. The van der Waals surface area contributed by atoms with Crippen molar-refractivity contribution >= 4 is 0 Å². The maximum Gasteiger partial charge on any atom is 0.0805 e. The van der Waals surface area contributed by atoms with Gasteiger partial charge in [0.05, 0.1) is 12.7 Å². The van der Waals surface area contributed by atoms with E-state index in [1.54, 1.807) is 0 Å². The average Bonchev–Trinajstić information content (AvgIpc) is 2.31. The summed E-state index contributed by atoms with van der Waals surface area (Å²) < 4.78 is 5.67. The minimum Gasteiger partial charge on any atom is -0.394 e. The molecular formula is C14H30O2. The Morgan fingerprint density at radius 3 is 2.12 bits per heavy atom. The van der Waals surface area contributed by atoms with Crippen LogP contribution in [0.1, 0.15) is 71.6 Å². The van der Waals surface area contributed by atoms with Crippen molar-refractivity contribution < 1.29 is 9.84 Å². The lowest BCUT2D eigenvalue weighted by Gasteiger charge is -2.15. The number of hydrogen-bond donors (Lipinski definition) is 1. The molecular weight excluding hydrogens is 200 g/mol. The third-order valence-corrected chi connectivity index (χ3v) is 2.93. The van der Waals surface area contributed by atoms with Crippen molar-refractivity contribution in [3.05, 3.63) is 0 Å². The van der Waals surface area contributed by atoms with Crippen molar-refractivity contribution in [2.45, 2.75) is 77.7 Å². The fourth-order valence-electron chi connectivity index (χ4n) is 1.80. The highest BCUT2D eigenvalue weighted by Gasteiger charge is 2.06. The van der Waals surface area contributed by atoms with E-state index in [4.69, 9.17) is 9.84 Å². The van der Waals surface area contributed by atoms with Crippen LogP contribution in [0.2, 0.25) is 0 Å². The third kappa shape index (κ3) is 10.4. The second-order valence-electron chi connectivity index (χ2n) is 4.59. The molecule has 0 saturated heterocycles. The SMILES string of the molecule is CCCCCCCOC(CO)CCCCC. The molecule has 1 N–H and O–H groups in total. The largest absolute Gasteiger partial charge is 0.394 e. The van der Waals surface area contributed by atoms with Gasteiger partial charge in [0.25, 0.3) is 0 Å². The highest BCUT2D eigenvalue weighted by molar-refractivity contribution is 4.56. The molecule has 0 aromatic heterocycles. The molecule has 0 aliphatic heterocycles. The first-order chi connectivity index (χ1) is 7.85. The maximum absolute atomic E-state index is 9.14. The van der Waals surface area contributed by atoms with E-state index in [-0.39, 0.29) is 12.7 Å². The van der Waals surface area contributed by atoms with Crippen LogP contribution in [-0.4, -0.2) is 24.4 Å². The van der Waals surface area contributed by atoms with E-state index in [1.807, 2.05) is 0 Å². The molecule has 0 rings (SSSR count). The van der Waals surface area contributed by atoms with E-state index in [0.29, 0.717) is 0 Å². The molecule has 2 nitrogen and oxygen atoms in total. The summed E-state index contributed by atoms with van der Waals surface area (Å²) in [7, 11) is 0. The molecule has 1 unspecified atom stereocenters. The van der Waals surface area contributed by atoms with Crippen LogP contribution >= 0.6 is 0 Å². The smallest absolute Gasteiger partial charge is 0.0805 e. The molecule has 0 aromatic rings. The number of hydrogen-bond acceptors (Lipinski definition) is 2. The van der Waals surface area contributed by atoms with Crippen molar-refractivity contribution in [3.63, 3.8) is 0 Å². The van der Waals surface area contributed by atoms with Gasteiger partial charge in [-0.15, -0.1) is 0 Å². The summed E-state index contributed by atoms with van der Waals surface area (Å²) in [5.41, 5.74) is 0. The first-order valence-electron chi connectivity index (χ1n) is 7.07. The van der Waals surface area contributed by atoms with E-state index in [1.165, 1.54) is 44.9 Å². The van der Waals surface area contributed by atoms with Crippen molar-refractivity contribution in [3.8, 4) is 0 Å². The molecule has 98 valence electrons. The van der Waals surface area contributed by atoms with Crippen LogP contribution in [0.15, 0.2) is 0 Å². The molecule has 0 heterocycles. The number of unbranched alkanes of at least 4 members (excludes halogenated alkanes) is 6. The first kappa shape index (κ1) is 15.9. The fourth-order valence-corrected chi connectivity index (χ4v) is 1.80. The minimum absolute atomic E-state index is 0.0812. The van der Waals surface area contributed by atoms with Gasteiger partial charge >= 0.3 is 0 Å². The van der Waals surface area contributed by atoms with Crippen LogP contribution < -0.4 is 0 Å². The van der Waals surface area contributed by atoms with E-state index in [0.717, 1.165) is 19.4 Å². The van der Waals surface area contributed by atoms with Crippen LogP contribution in [0.25, 0.3) is 0 Å². The van der Waals surface area contributed by atoms with Gasteiger partial charge in [-0.25, -0.2) is 0 Å². The molecule has 16 heavy (non-hydrogen) atoms. The summed E-state index contributed by atoms with van der Waals surface area (Å²) >= 11 is 0. The van der Waals surface area contributed by atoms with Crippen LogP contribution in [0, 0.1) is 0 Å². The van der Waals surface area contributed by atoms with Gasteiger partial charge in [-0.2, -0.15) is 0 Å². The Bertz CT molecular complexity index is 126. The van der Waals surface area contributed by atoms with Crippen molar-refractivity contribution in [2.75, 3.05) is 13.2 Å². The van der Waals surface area contributed by atoms with E-state index in [2.05, 4.69) is 13.8 Å². The van der Waals surface area contributed by atoms with Gasteiger partial charge in [0.2, 0.25) is 0 Å². The molecule has 0 saturated carbocycles. The number of rotatable bonds is 12. The van der Waals surface area contributed by atoms with Crippen LogP contribution in [0.4, 0.5) is 0 Å². The molecule has 0 aliphatic carbocycles. The van der Waals surface area contributed by atoms with Crippen molar-refractivity contribution in [1.82, 2.24) is 0 Å². The Kier molecular flexibility index (Phi) is 12.9. The Labute approximate surface area is 101 Å². The van der Waals surface area contributed by atoms with E-state index < -0.39 is 0 Å². The summed E-state index contributed by atoms with van der Waals surface area (Å²) in [5, 5.41) is 9.14. The third-order valence-electron chi connectivity index (χ3n) is 2.93. The molecule has 0 aliphatic rings. The monoisotopic (exact) mass is 230 g/mol. The normalized spacial score (nSPS) is 12.9. The lowest BCUT2D eigenvalue weighted by Crippen LogP contribution is -2.18. The van der Waals surface area contributed by atoms with Crippen LogP contribution in [0.5, 0.6) is 0 Å². The standard InChI is InChI=1S/C14H30O2/c1-3-5-7-8-10-12-16-14(13-15)11-9-6-4-2/h14-15H,3-13H2,1-2H3. The highest BCUT2D eigenvalue weighted by atomic mass is 16.5. The molecule has 0 radical (unpaired) electrons. The molecule has 0 fully saturated rings.